The summed E-state index contributed by atoms with van der Waals surface area (Å²) in [5, 5.41) is 32.4. The van der Waals surface area contributed by atoms with E-state index in [-0.39, 0.29) is 18.4 Å². The average molecular weight is 364 g/mol. The van der Waals surface area contributed by atoms with Crippen LogP contribution in [0.1, 0.15) is 60.8 Å². The number of allylic oxidation sites excluding steroid dienone is 4. The first-order valence-corrected chi connectivity index (χ1v) is 9.17. The van der Waals surface area contributed by atoms with Gasteiger partial charge in [0.05, 0.1) is 12.0 Å². The minimum atomic E-state index is -2.16. The van der Waals surface area contributed by atoms with Crippen molar-refractivity contribution >= 4 is 11.6 Å². The number of rotatable bonds is 8. The molecule has 3 N–H and O–H groups in total. The standard InChI is InChI=1S/C21H32O5/c1-7-14(6)18(23)17-19(24)15(10-8-12(2)3)21(26,20(17)25)16(22)11-9-13(4)5/h8-9,14-16,22,25-26H,7,10-11H2,1-6H3/t14?,15-,16+,21-/m1/s1. The summed E-state index contributed by atoms with van der Waals surface area (Å²) in [6.07, 6.45) is 2.84. The lowest BCUT2D eigenvalue weighted by atomic mass is 9.80. The number of carbonyl (C=O) groups is 2. The van der Waals surface area contributed by atoms with Crippen LogP contribution in [0.15, 0.2) is 34.6 Å². The molecule has 0 saturated carbocycles. The van der Waals surface area contributed by atoms with Gasteiger partial charge in [-0.3, -0.25) is 9.59 Å². The second-order valence-corrected chi connectivity index (χ2v) is 7.69. The van der Waals surface area contributed by atoms with Crippen LogP contribution in [0.25, 0.3) is 0 Å². The van der Waals surface area contributed by atoms with Gasteiger partial charge < -0.3 is 15.3 Å². The fourth-order valence-corrected chi connectivity index (χ4v) is 3.08. The zero-order chi connectivity index (χ0) is 20.2. The zero-order valence-electron chi connectivity index (χ0n) is 16.7. The smallest absolute Gasteiger partial charge is 0.176 e. The number of Topliss-reactive ketones (excluding diaryl/α,β-unsaturated/α-hetero) is 2. The maximum atomic E-state index is 12.9. The summed E-state index contributed by atoms with van der Waals surface area (Å²) in [5.74, 6) is -3.29. The molecule has 0 bridgehead atoms. The van der Waals surface area contributed by atoms with Crippen molar-refractivity contribution in [2.75, 3.05) is 0 Å². The van der Waals surface area contributed by atoms with E-state index in [9.17, 15) is 24.9 Å². The van der Waals surface area contributed by atoms with Gasteiger partial charge in [-0.1, -0.05) is 37.1 Å². The van der Waals surface area contributed by atoms with Gasteiger partial charge in [-0.2, -0.15) is 0 Å². The van der Waals surface area contributed by atoms with Crippen molar-refractivity contribution in [2.24, 2.45) is 11.8 Å². The highest BCUT2D eigenvalue weighted by atomic mass is 16.4. The molecule has 1 aliphatic rings. The highest BCUT2D eigenvalue weighted by Crippen LogP contribution is 2.43. The van der Waals surface area contributed by atoms with Crippen LogP contribution in [0.2, 0.25) is 0 Å². The molecule has 146 valence electrons. The van der Waals surface area contributed by atoms with E-state index in [1.165, 1.54) is 0 Å². The van der Waals surface area contributed by atoms with Crippen LogP contribution >= 0.6 is 0 Å². The van der Waals surface area contributed by atoms with Crippen molar-refractivity contribution in [1.82, 2.24) is 0 Å². The highest BCUT2D eigenvalue weighted by molar-refractivity contribution is 6.24. The molecule has 5 heteroatoms. The average Bonchev–Trinajstić information content (AvgIpc) is 2.76. The monoisotopic (exact) mass is 364 g/mol. The van der Waals surface area contributed by atoms with Crippen molar-refractivity contribution in [2.45, 2.75) is 72.5 Å². The first-order valence-electron chi connectivity index (χ1n) is 9.17. The predicted molar refractivity (Wildman–Crippen MR) is 102 cm³/mol. The van der Waals surface area contributed by atoms with E-state index in [0.717, 1.165) is 11.1 Å². The Kier molecular flexibility index (Phi) is 7.54. The van der Waals surface area contributed by atoms with E-state index in [1.807, 2.05) is 34.6 Å². The van der Waals surface area contributed by atoms with Gasteiger partial charge in [0.15, 0.2) is 17.2 Å². The van der Waals surface area contributed by atoms with E-state index < -0.39 is 40.9 Å². The molecule has 0 radical (unpaired) electrons. The molecule has 1 rings (SSSR count). The molecule has 0 aliphatic heterocycles. The molecule has 0 aromatic rings. The van der Waals surface area contributed by atoms with Gasteiger partial charge >= 0.3 is 0 Å². The Labute approximate surface area is 156 Å². The SMILES string of the molecule is CCC(C)C(=O)C1=C(O)[C@](O)([C@@H](O)CC=C(C)C)[C@H](CC=C(C)C)C1=O. The molecule has 1 aliphatic carbocycles. The van der Waals surface area contributed by atoms with E-state index in [2.05, 4.69) is 0 Å². The summed E-state index contributed by atoms with van der Waals surface area (Å²) in [6.45, 7) is 10.9. The summed E-state index contributed by atoms with van der Waals surface area (Å²) < 4.78 is 0. The lowest BCUT2D eigenvalue weighted by Gasteiger charge is -2.33. The van der Waals surface area contributed by atoms with Crippen molar-refractivity contribution in [3.63, 3.8) is 0 Å². The van der Waals surface area contributed by atoms with Crippen LogP contribution in [0.3, 0.4) is 0 Å². The van der Waals surface area contributed by atoms with Crippen LogP contribution in [-0.4, -0.2) is 38.6 Å². The fourth-order valence-electron chi connectivity index (χ4n) is 3.08. The van der Waals surface area contributed by atoms with Crippen LogP contribution < -0.4 is 0 Å². The van der Waals surface area contributed by atoms with Crippen LogP contribution in [-0.2, 0) is 9.59 Å². The molecule has 0 amide bonds. The van der Waals surface area contributed by atoms with Gasteiger partial charge in [0, 0.05) is 5.92 Å². The molecular formula is C21H32O5. The Morgan fingerprint density at radius 1 is 1.19 bits per heavy atom. The third-order valence-electron chi connectivity index (χ3n) is 5.04. The Hall–Kier alpha value is -1.72. The van der Waals surface area contributed by atoms with Crippen LogP contribution in [0, 0.1) is 11.8 Å². The topological polar surface area (TPSA) is 94.8 Å². The molecule has 5 nitrogen and oxygen atoms in total. The normalized spacial score (nSPS) is 25.1. The lowest BCUT2D eigenvalue weighted by Crippen LogP contribution is -2.49. The summed E-state index contributed by atoms with van der Waals surface area (Å²) in [5.41, 5.74) is -0.629. The minimum absolute atomic E-state index is 0.0757. The summed E-state index contributed by atoms with van der Waals surface area (Å²) in [7, 11) is 0. The van der Waals surface area contributed by atoms with Gasteiger partial charge in [0.25, 0.3) is 0 Å². The maximum Gasteiger partial charge on any atom is 0.176 e. The minimum Gasteiger partial charge on any atom is -0.508 e. The summed E-state index contributed by atoms with van der Waals surface area (Å²) in [4.78, 5) is 25.5. The molecule has 0 fully saturated rings. The van der Waals surface area contributed by atoms with E-state index in [0.29, 0.717) is 6.42 Å². The zero-order valence-corrected chi connectivity index (χ0v) is 16.7. The van der Waals surface area contributed by atoms with Crippen LogP contribution in [0.5, 0.6) is 0 Å². The molecule has 1 unspecified atom stereocenters. The molecule has 4 atom stereocenters. The predicted octanol–water partition coefficient (Wildman–Crippen LogP) is 3.42. The molecule has 0 saturated heterocycles. The van der Waals surface area contributed by atoms with Gasteiger partial charge in [-0.25, -0.2) is 0 Å². The molecule has 0 heterocycles. The molecule has 0 spiro atoms. The second kappa shape index (κ2) is 8.78. The number of hydrogen-bond acceptors (Lipinski definition) is 5. The molecular weight excluding hydrogens is 332 g/mol. The first-order chi connectivity index (χ1) is 12.0. The molecule has 0 aromatic carbocycles. The Morgan fingerprint density at radius 3 is 2.19 bits per heavy atom. The van der Waals surface area contributed by atoms with Gasteiger partial charge in [-0.05, 0) is 47.0 Å². The maximum absolute atomic E-state index is 12.9. The fraction of sp³-hybridized carbons (Fsp3) is 0.619. The number of hydrogen-bond donors (Lipinski definition) is 3. The largest absolute Gasteiger partial charge is 0.508 e. The van der Waals surface area contributed by atoms with Gasteiger partial charge in [0.1, 0.15) is 11.3 Å². The Bertz CT molecular complexity index is 647. The van der Waals surface area contributed by atoms with E-state index in [1.54, 1.807) is 19.1 Å². The summed E-state index contributed by atoms with van der Waals surface area (Å²) >= 11 is 0. The quantitative estimate of drug-likeness (QED) is 0.453. The Morgan fingerprint density at radius 2 is 1.73 bits per heavy atom. The number of aliphatic hydroxyl groups excluding tert-OH is 2. The second-order valence-electron chi connectivity index (χ2n) is 7.69. The van der Waals surface area contributed by atoms with Gasteiger partial charge in [0.2, 0.25) is 0 Å². The highest BCUT2D eigenvalue weighted by Gasteiger charge is 2.58. The van der Waals surface area contributed by atoms with Crippen molar-refractivity contribution in [3.05, 3.63) is 34.6 Å². The third-order valence-corrected chi connectivity index (χ3v) is 5.04. The third kappa shape index (κ3) is 4.33. The Balaban J connectivity index is 3.43. The van der Waals surface area contributed by atoms with Gasteiger partial charge in [-0.15, -0.1) is 0 Å². The van der Waals surface area contributed by atoms with Crippen molar-refractivity contribution < 1.29 is 24.9 Å². The van der Waals surface area contributed by atoms with E-state index in [4.69, 9.17) is 0 Å². The van der Waals surface area contributed by atoms with Crippen molar-refractivity contribution in [3.8, 4) is 0 Å². The van der Waals surface area contributed by atoms with E-state index >= 15 is 0 Å². The molecule has 26 heavy (non-hydrogen) atoms. The number of ketones is 2. The van der Waals surface area contributed by atoms with Crippen LogP contribution in [0.4, 0.5) is 0 Å². The number of carbonyl (C=O) groups excluding carboxylic acids is 2. The summed E-state index contributed by atoms with van der Waals surface area (Å²) in [6, 6.07) is 0. The molecule has 0 aromatic heterocycles. The van der Waals surface area contributed by atoms with Crippen molar-refractivity contribution in [1.29, 1.82) is 0 Å². The first kappa shape index (κ1) is 22.3. The lowest BCUT2D eigenvalue weighted by molar-refractivity contribution is -0.134. The number of aliphatic hydroxyl groups is 3.